The fourth-order valence-electron chi connectivity index (χ4n) is 1.14. The van der Waals surface area contributed by atoms with Gasteiger partial charge in [0.25, 0.3) is 0 Å². The Morgan fingerprint density at radius 1 is 1.38 bits per heavy atom. The first-order valence-electron chi connectivity index (χ1n) is 5.04. The van der Waals surface area contributed by atoms with Crippen LogP contribution in [0, 0.1) is 12.7 Å². The lowest BCUT2D eigenvalue weighted by Gasteiger charge is -2.07. The molecule has 0 amide bonds. The van der Waals surface area contributed by atoms with Crippen molar-refractivity contribution in [3.05, 3.63) is 29.6 Å². The Morgan fingerprint density at radius 2 is 2.06 bits per heavy atom. The van der Waals surface area contributed by atoms with E-state index in [2.05, 4.69) is 0 Å². The number of rotatable bonds is 5. The van der Waals surface area contributed by atoms with Crippen molar-refractivity contribution in [2.75, 3.05) is 18.1 Å². The molecule has 0 aliphatic carbocycles. The van der Waals surface area contributed by atoms with Crippen molar-refractivity contribution in [1.29, 1.82) is 0 Å². The SMILES string of the molecule is CCS(=O)(=O)CCOc1cc(C)ccc1F. The Hall–Kier alpha value is -1.10. The summed E-state index contributed by atoms with van der Waals surface area (Å²) < 4.78 is 40.6. The van der Waals surface area contributed by atoms with Crippen LogP contribution in [0.25, 0.3) is 0 Å². The van der Waals surface area contributed by atoms with Crippen LogP contribution in [0.15, 0.2) is 18.2 Å². The number of halogens is 1. The molecule has 0 spiro atoms. The Kier molecular flexibility index (Phi) is 4.29. The molecule has 0 radical (unpaired) electrons. The third-order valence-electron chi connectivity index (χ3n) is 2.18. The molecule has 0 saturated heterocycles. The van der Waals surface area contributed by atoms with Crippen LogP contribution in [0.5, 0.6) is 5.75 Å². The Labute approximate surface area is 95.2 Å². The Bertz CT molecular complexity index is 454. The van der Waals surface area contributed by atoms with Gasteiger partial charge in [-0.05, 0) is 24.6 Å². The molecule has 1 rings (SSSR count). The van der Waals surface area contributed by atoms with Gasteiger partial charge in [0, 0.05) is 5.75 Å². The fraction of sp³-hybridized carbons (Fsp3) is 0.455. The molecular weight excluding hydrogens is 231 g/mol. The third kappa shape index (κ3) is 3.81. The van der Waals surface area contributed by atoms with E-state index in [1.165, 1.54) is 6.07 Å². The lowest BCUT2D eigenvalue weighted by Crippen LogP contribution is -2.15. The van der Waals surface area contributed by atoms with E-state index in [9.17, 15) is 12.8 Å². The molecule has 0 heterocycles. The van der Waals surface area contributed by atoms with E-state index in [-0.39, 0.29) is 23.9 Å². The van der Waals surface area contributed by atoms with Crippen molar-refractivity contribution >= 4 is 9.84 Å². The maximum Gasteiger partial charge on any atom is 0.165 e. The first-order chi connectivity index (χ1) is 7.44. The van der Waals surface area contributed by atoms with Crippen molar-refractivity contribution in [3.63, 3.8) is 0 Å². The summed E-state index contributed by atoms with van der Waals surface area (Å²) in [6, 6.07) is 4.48. The van der Waals surface area contributed by atoms with Gasteiger partial charge in [-0.1, -0.05) is 13.0 Å². The average Bonchev–Trinajstić information content (AvgIpc) is 2.23. The lowest BCUT2D eigenvalue weighted by atomic mass is 10.2. The van der Waals surface area contributed by atoms with Gasteiger partial charge in [-0.25, -0.2) is 12.8 Å². The van der Waals surface area contributed by atoms with Crippen LogP contribution in [-0.2, 0) is 9.84 Å². The van der Waals surface area contributed by atoms with Gasteiger partial charge in [-0.3, -0.25) is 0 Å². The predicted octanol–water partition coefficient (Wildman–Crippen LogP) is 1.95. The van der Waals surface area contributed by atoms with Crippen molar-refractivity contribution in [1.82, 2.24) is 0 Å². The zero-order valence-corrected chi connectivity index (χ0v) is 10.2. The third-order valence-corrected chi connectivity index (χ3v) is 3.85. The van der Waals surface area contributed by atoms with Crippen LogP contribution in [-0.4, -0.2) is 26.5 Å². The highest BCUT2D eigenvalue weighted by molar-refractivity contribution is 7.91. The largest absolute Gasteiger partial charge is 0.489 e. The highest BCUT2D eigenvalue weighted by Crippen LogP contribution is 2.18. The van der Waals surface area contributed by atoms with Gasteiger partial charge in [0.2, 0.25) is 0 Å². The first kappa shape index (κ1) is 13.0. The van der Waals surface area contributed by atoms with Crippen LogP contribution < -0.4 is 4.74 Å². The van der Waals surface area contributed by atoms with Gasteiger partial charge in [0.1, 0.15) is 6.61 Å². The molecule has 3 nitrogen and oxygen atoms in total. The molecule has 0 N–H and O–H groups in total. The minimum Gasteiger partial charge on any atom is -0.489 e. The second kappa shape index (κ2) is 5.30. The van der Waals surface area contributed by atoms with Crippen molar-refractivity contribution in [2.24, 2.45) is 0 Å². The summed E-state index contributed by atoms with van der Waals surface area (Å²) in [5, 5.41) is 0. The van der Waals surface area contributed by atoms with E-state index in [4.69, 9.17) is 4.74 Å². The molecular formula is C11H15FO3S. The summed E-state index contributed by atoms with van der Waals surface area (Å²) in [6.45, 7) is 3.37. The quantitative estimate of drug-likeness (QED) is 0.797. The summed E-state index contributed by atoms with van der Waals surface area (Å²) in [6.07, 6.45) is 0. The van der Waals surface area contributed by atoms with Gasteiger partial charge in [-0.15, -0.1) is 0 Å². The zero-order valence-electron chi connectivity index (χ0n) is 9.36. The van der Waals surface area contributed by atoms with Crippen molar-refractivity contribution in [2.45, 2.75) is 13.8 Å². The molecule has 0 bridgehead atoms. The molecule has 0 aliphatic rings. The minimum absolute atomic E-state index is 0.0173. The van der Waals surface area contributed by atoms with Crippen LogP contribution in [0.3, 0.4) is 0 Å². The standard InChI is InChI=1S/C11H15FO3S/c1-3-16(13,14)7-6-15-11-8-9(2)4-5-10(11)12/h4-5,8H,3,6-7H2,1-2H3. The molecule has 0 aromatic heterocycles. The second-order valence-electron chi connectivity index (χ2n) is 3.52. The molecule has 0 atom stereocenters. The van der Waals surface area contributed by atoms with Crippen molar-refractivity contribution < 1.29 is 17.5 Å². The van der Waals surface area contributed by atoms with Crippen LogP contribution in [0.1, 0.15) is 12.5 Å². The van der Waals surface area contributed by atoms with Crippen LogP contribution in [0.4, 0.5) is 4.39 Å². The van der Waals surface area contributed by atoms with E-state index >= 15 is 0 Å². The molecule has 0 aliphatic heterocycles. The topological polar surface area (TPSA) is 43.4 Å². The Balaban J connectivity index is 2.59. The van der Waals surface area contributed by atoms with Gasteiger partial charge >= 0.3 is 0 Å². The monoisotopic (exact) mass is 246 g/mol. The minimum atomic E-state index is -3.06. The lowest BCUT2D eigenvalue weighted by molar-refractivity contribution is 0.322. The molecule has 90 valence electrons. The van der Waals surface area contributed by atoms with E-state index in [1.54, 1.807) is 19.1 Å². The van der Waals surface area contributed by atoms with Gasteiger partial charge in [-0.2, -0.15) is 0 Å². The molecule has 16 heavy (non-hydrogen) atoms. The summed E-state index contributed by atoms with van der Waals surface area (Å²) in [7, 11) is -3.06. The number of ether oxygens (including phenoxy) is 1. The summed E-state index contributed by atoms with van der Waals surface area (Å²) in [5.41, 5.74) is 0.870. The number of hydrogen-bond acceptors (Lipinski definition) is 3. The van der Waals surface area contributed by atoms with E-state index < -0.39 is 15.7 Å². The number of hydrogen-bond donors (Lipinski definition) is 0. The van der Waals surface area contributed by atoms with Crippen molar-refractivity contribution in [3.8, 4) is 5.75 Å². The number of aryl methyl sites for hydroxylation is 1. The second-order valence-corrected chi connectivity index (χ2v) is 5.99. The summed E-state index contributed by atoms with van der Waals surface area (Å²) in [4.78, 5) is 0. The maximum atomic E-state index is 13.2. The molecule has 0 fully saturated rings. The predicted molar refractivity (Wildman–Crippen MR) is 61.0 cm³/mol. The molecule has 1 aromatic rings. The smallest absolute Gasteiger partial charge is 0.165 e. The van der Waals surface area contributed by atoms with E-state index in [0.29, 0.717) is 0 Å². The zero-order chi connectivity index (χ0) is 12.2. The fourth-order valence-corrected chi connectivity index (χ4v) is 1.77. The molecule has 1 aromatic carbocycles. The highest BCUT2D eigenvalue weighted by atomic mass is 32.2. The van der Waals surface area contributed by atoms with Gasteiger partial charge in [0.15, 0.2) is 21.4 Å². The molecule has 0 unspecified atom stereocenters. The number of benzene rings is 1. The van der Waals surface area contributed by atoms with Gasteiger partial charge < -0.3 is 4.74 Å². The first-order valence-corrected chi connectivity index (χ1v) is 6.86. The van der Waals surface area contributed by atoms with Crippen LogP contribution in [0.2, 0.25) is 0 Å². The average molecular weight is 246 g/mol. The van der Waals surface area contributed by atoms with Crippen LogP contribution >= 0.6 is 0 Å². The summed E-state index contributed by atoms with van der Waals surface area (Å²) in [5.74, 6) is -0.380. The molecule has 0 saturated carbocycles. The van der Waals surface area contributed by atoms with E-state index in [1.807, 2.05) is 6.92 Å². The number of sulfone groups is 1. The normalized spacial score (nSPS) is 11.4. The summed E-state index contributed by atoms with van der Waals surface area (Å²) >= 11 is 0. The van der Waals surface area contributed by atoms with E-state index in [0.717, 1.165) is 5.56 Å². The molecule has 5 heteroatoms. The highest BCUT2D eigenvalue weighted by Gasteiger charge is 2.09. The van der Waals surface area contributed by atoms with Gasteiger partial charge in [0.05, 0.1) is 5.75 Å². The maximum absolute atomic E-state index is 13.2. The Morgan fingerprint density at radius 3 is 2.69 bits per heavy atom.